The van der Waals surface area contributed by atoms with Gasteiger partial charge in [0.25, 0.3) is 10.2 Å². The predicted molar refractivity (Wildman–Crippen MR) is 126 cm³/mol. The molecular weight excluding hydrogens is 681 g/mol. The molecule has 20 nitrogen and oxygen atoms in total. The summed E-state index contributed by atoms with van der Waals surface area (Å²) in [4.78, 5) is 97.7. The monoisotopic (exact) mass is 706 g/mol. The molecule has 28 heteroatoms. The standard InChI is InChI=1S/C9H26Cl2N2O18P6/c10-9(11,35(23,24)25)37(28,29)31-8(4-2-6-13,34(20,21)22)36(26,27)30-7(3-1-5-12,32(14,15)16)33(17,18)19/h1-6,12-13H2,(H,26,27)(H,28,29)(H2,14,15,16)(H2,17,18,19)(H2,20,21,22)(H2,23,24,25). The number of hydrogen-bond acceptors (Lipinski definition) is 10. The average molecular weight is 707 g/mol. The van der Waals surface area contributed by atoms with Gasteiger partial charge in [0.2, 0.25) is 0 Å². The number of halogens is 2. The molecule has 0 bridgehead atoms. The lowest BCUT2D eigenvalue weighted by Gasteiger charge is -2.43. The molecule has 0 amide bonds. The molecule has 0 aromatic carbocycles. The molecule has 0 radical (unpaired) electrons. The first-order valence-corrected chi connectivity index (χ1v) is 19.5. The number of alkyl halides is 2. The zero-order valence-corrected chi connectivity index (χ0v) is 25.0. The Hall–Kier alpha value is 1.40. The van der Waals surface area contributed by atoms with Crippen LogP contribution in [-0.4, -0.2) is 76.0 Å². The minimum absolute atomic E-state index is 0.566. The molecule has 0 aromatic heterocycles. The third-order valence-corrected chi connectivity index (χ3v) is 19.6. The van der Waals surface area contributed by atoms with E-state index in [4.69, 9.17) is 34.7 Å². The number of hydrogen-bond donors (Lipinski definition) is 12. The topological polar surface area (TPSA) is 375 Å². The zero-order valence-electron chi connectivity index (χ0n) is 18.1. The Morgan fingerprint density at radius 1 is 0.541 bits per heavy atom. The van der Waals surface area contributed by atoms with Crippen molar-refractivity contribution in [2.45, 2.75) is 39.7 Å². The van der Waals surface area contributed by atoms with E-state index in [1.54, 1.807) is 0 Å². The fourth-order valence-electron chi connectivity index (χ4n) is 2.57. The van der Waals surface area contributed by atoms with E-state index in [1.165, 1.54) is 0 Å². The van der Waals surface area contributed by atoms with Crippen LogP contribution in [0.15, 0.2) is 0 Å². The van der Waals surface area contributed by atoms with E-state index >= 15 is 0 Å². The predicted octanol–water partition coefficient (Wildman–Crippen LogP) is -0.0245. The largest absolute Gasteiger partial charge is 0.378 e. The summed E-state index contributed by atoms with van der Waals surface area (Å²) in [6.45, 7) is -1.22. The molecule has 0 aliphatic carbocycles. The Bertz CT molecular complexity index is 1090. The average Bonchev–Trinajstić information content (AvgIpc) is 2.64. The molecule has 0 heterocycles. The molecule has 0 aliphatic heterocycles. The molecule has 3 unspecified atom stereocenters. The van der Waals surface area contributed by atoms with Crippen LogP contribution in [0, 0.1) is 0 Å². The van der Waals surface area contributed by atoms with E-state index in [1.807, 2.05) is 0 Å². The molecule has 0 rings (SSSR count). The number of rotatable bonds is 16. The van der Waals surface area contributed by atoms with E-state index in [-0.39, 0.29) is 0 Å². The smallest absolute Gasteiger partial charge is 0.330 e. The summed E-state index contributed by atoms with van der Waals surface area (Å²) in [5.41, 5.74) is 10.3. The van der Waals surface area contributed by atoms with Crippen molar-refractivity contribution in [3.63, 3.8) is 0 Å². The van der Waals surface area contributed by atoms with Gasteiger partial charge in [0, 0.05) is 12.8 Å². The van der Waals surface area contributed by atoms with Crippen molar-refractivity contribution in [3.05, 3.63) is 0 Å². The van der Waals surface area contributed by atoms with E-state index in [0.29, 0.717) is 0 Å². The fraction of sp³-hybridized carbons (Fsp3) is 1.00. The van der Waals surface area contributed by atoms with Crippen molar-refractivity contribution >= 4 is 68.8 Å². The maximum Gasteiger partial charge on any atom is 0.378 e. The lowest BCUT2D eigenvalue weighted by atomic mass is 10.3. The lowest BCUT2D eigenvalue weighted by molar-refractivity contribution is 0.0780. The van der Waals surface area contributed by atoms with Gasteiger partial charge in [-0.15, -0.1) is 0 Å². The van der Waals surface area contributed by atoms with Crippen molar-refractivity contribution in [2.75, 3.05) is 13.1 Å². The van der Waals surface area contributed by atoms with Crippen LogP contribution in [0.25, 0.3) is 0 Å². The second kappa shape index (κ2) is 12.3. The van der Waals surface area contributed by atoms with Crippen LogP contribution in [0.5, 0.6) is 0 Å². The van der Waals surface area contributed by atoms with Gasteiger partial charge in [0.15, 0.2) is 0 Å². The van der Waals surface area contributed by atoms with Crippen molar-refractivity contribution in [2.24, 2.45) is 11.5 Å². The van der Waals surface area contributed by atoms with Crippen molar-refractivity contribution < 1.29 is 85.4 Å². The van der Waals surface area contributed by atoms with Crippen molar-refractivity contribution in [3.8, 4) is 0 Å². The van der Waals surface area contributed by atoms with Crippen LogP contribution in [0.4, 0.5) is 0 Å². The van der Waals surface area contributed by atoms with Gasteiger partial charge in [-0.25, -0.2) is 0 Å². The molecule has 224 valence electrons. The minimum atomic E-state index is -6.93. The lowest BCUT2D eigenvalue weighted by Crippen LogP contribution is -2.40. The van der Waals surface area contributed by atoms with E-state index < -0.39 is 98.3 Å². The highest BCUT2D eigenvalue weighted by Crippen LogP contribution is 2.86. The SMILES string of the molecule is NCCCC(OP(=O)(O)C(CCCN)(OP(=O)(O)C(Cl)(Cl)P(=O)(O)O)P(=O)(O)O)(P(=O)(O)O)P(=O)(O)O. The number of nitrogens with two attached hydrogens (primary N) is 2. The van der Waals surface area contributed by atoms with Crippen LogP contribution in [-0.2, 0) is 36.4 Å². The second-order valence-electron chi connectivity index (χ2n) is 7.18. The highest BCUT2D eigenvalue weighted by molar-refractivity contribution is 7.80. The summed E-state index contributed by atoms with van der Waals surface area (Å²) in [6, 6.07) is 0. The summed E-state index contributed by atoms with van der Waals surface area (Å²) in [5, 5.41) is -8.87. The Morgan fingerprint density at radius 3 is 1.11 bits per heavy atom. The maximum atomic E-state index is 13.4. The first-order valence-electron chi connectivity index (χ1n) is 9.11. The van der Waals surface area contributed by atoms with Gasteiger partial charge in [-0.05, 0) is 25.9 Å². The summed E-state index contributed by atoms with van der Waals surface area (Å²) < 4.78 is 78.5. The third kappa shape index (κ3) is 7.82. The highest BCUT2D eigenvalue weighted by Gasteiger charge is 2.74. The molecule has 0 saturated carbocycles. The molecule has 0 fully saturated rings. The second-order valence-corrected chi connectivity index (χ2v) is 21.6. The molecule has 0 aromatic rings. The molecule has 3 atom stereocenters. The molecular formula is C9H26Cl2N2O18P6. The Kier molecular flexibility index (Phi) is 12.8. The van der Waals surface area contributed by atoms with E-state index in [9.17, 15) is 76.3 Å². The van der Waals surface area contributed by atoms with Gasteiger partial charge in [-0.3, -0.25) is 36.4 Å². The molecule has 0 spiro atoms. The molecule has 0 saturated heterocycles. The normalized spacial score (nSPS) is 19.6. The Morgan fingerprint density at radius 2 is 0.838 bits per heavy atom. The van der Waals surface area contributed by atoms with Gasteiger partial charge in [-0.1, -0.05) is 23.2 Å². The van der Waals surface area contributed by atoms with E-state index in [2.05, 4.69) is 9.05 Å². The first-order chi connectivity index (χ1) is 16.0. The molecule has 37 heavy (non-hydrogen) atoms. The van der Waals surface area contributed by atoms with Gasteiger partial charge in [0.05, 0.1) is 0 Å². The van der Waals surface area contributed by atoms with Gasteiger partial charge in [-0.2, -0.15) is 0 Å². The summed E-state index contributed by atoms with van der Waals surface area (Å²) in [7, 11) is -39.2. The highest BCUT2D eigenvalue weighted by atomic mass is 35.5. The van der Waals surface area contributed by atoms with Gasteiger partial charge in [0.1, 0.15) is 0 Å². The quantitative estimate of drug-likeness (QED) is 0.0740. The van der Waals surface area contributed by atoms with Gasteiger partial charge < -0.3 is 60.4 Å². The third-order valence-electron chi connectivity index (χ3n) is 4.45. The van der Waals surface area contributed by atoms with Crippen LogP contribution in [0.1, 0.15) is 25.7 Å². The van der Waals surface area contributed by atoms with E-state index in [0.717, 1.165) is 0 Å². The van der Waals surface area contributed by atoms with Crippen LogP contribution in [0.3, 0.4) is 0 Å². The zero-order chi connectivity index (χ0) is 30.2. The van der Waals surface area contributed by atoms with Gasteiger partial charge >= 0.3 is 49.4 Å². The first kappa shape index (κ1) is 38.4. The summed E-state index contributed by atoms with van der Waals surface area (Å²) >= 11 is 10.4. The molecule has 14 N–H and O–H groups in total. The Labute approximate surface area is 218 Å². The van der Waals surface area contributed by atoms with Crippen LogP contribution in [0.2, 0.25) is 0 Å². The Balaban J connectivity index is 7.60. The van der Waals surface area contributed by atoms with Crippen LogP contribution >= 0.6 is 68.8 Å². The minimum Gasteiger partial charge on any atom is -0.330 e. The van der Waals surface area contributed by atoms with Crippen LogP contribution < -0.4 is 11.5 Å². The molecule has 0 aliphatic rings. The summed E-state index contributed by atoms with van der Waals surface area (Å²) in [5.74, 6) is 0. The summed E-state index contributed by atoms with van der Waals surface area (Å²) in [6.07, 6.45) is -4.78. The fourth-order valence-corrected chi connectivity index (χ4v) is 13.0. The van der Waals surface area contributed by atoms with Crippen molar-refractivity contribution in [1.29, 1.82) is 0 Å². The maximum absolute atomic E-state index is 13.4. The van der Waals surface area contributed by atoms with Crippen molar-refractivity contribution in [1.82, 2.24) is 0 Å².